The maximum atomic E-state index is 5.83. The molecule has 0 aliphatic heterocycles. The van der Waals surface area contributed by atoms with Gasteiger partial charge in [0.2, 0.25) is 0 Å². The number of hydrogen-bond donors (Lipinski definition) is 2. The van der Waals surface area contributed by atoms with Crippen LogP contribution in [0.4, 0.5) is 0 Å². The molecule has 2 N–H and O–H groups in total. The van der Waals surface area contributed by atoms with Crippen molar-refractivity contribution in [1.82, 2.24) is 25.2 Å². The van der Waals surface area contributed by atoms with Crippen LogP contribution in [0, 0.1) is 6.92 Å². The Morgan fingerprint density at radius 2 is 2.04 bits per heavy atom. The Balaban J connectivity index is 1.49. The van der Waals surface area contributed by atoms with E-state index in [2.05, 4.69) is 57.2 Å². The van der Waals surface area contributed by atoms with Crippen molar-refractivity contribution in [3.8, 4) is 0 Å². The topological polar surface area (TPSA) is 67.1 Å². The number of aliphatic imine (C=N–C) groups is 1. The molecule has 0 radical (unpaired) electrons. The predicted molar refractivity (Wildman–Crippen MR) is 116 cm³/mol. The van der Waals surface area contributed by atoms with Gasteiger partial charge in [0.1, 0.15) is 11.0 Å². The molecular weight excluding hydrogens is 372 g/mol. The summed E-state index contributed by atoms with van der Waals surface area (Å²) < 4.78 is 2.26. The highest BCUT2D eigenvalue weighted by Gasteiger charge is 2.06. The molecule has 0 atom stereocenters. The van der Waals surface area contributed by atoms with Gasteiger partial charge in [0.05, 0.1) is 11.0 Å². The number of benzene rings is 1. The van der Waals surface area contributed by atoms with Gasteiger partial charge in [0.15, 0.2) is 5.96 Å². The largest absolute Gasteiger partial charge is 0.357 e. The summed E-state index contributed by atoms with van der Waals surface area (Å²) in [6.07, 6.45) is 3.64. The average Bonchev–Trinajstić information content (AvgIpc) is 3.02. The van der Waals surface area contributed by atoms with E-state index in [0.717, 1.165) is 61.9 Å². The molecule has 3 aromatic rings. The van der Waals surface area contributed by atoms with Crippen LogP contribution in [-0.2, 0) is 13.0 Å². The van der Waals surface area contributed by atoms with E-state index in [1.807, 2.05) is 24.4 Å². The van der Waals surface area contributed by atoms with E-state index in [1.54, 1.807) is 0 Å². The number of para-hydroxylation sites is 2. The van der Waals surface area contributed by atoms with Gasteiger partial charge in [-0.1, -0.05) is 29.8 Å². The first-order chi connectivity index (χ1) is 13.7. The van der Waals surface area contributed by atoms with Gasteiger partial charge in [0, 0.05) is 32.4 Å². The van der Waals surface area contributed by atoms with Crippen LogP contribution in [0.15, 0.2) is 47.6 Å². The molecule has 3 rings (SSSR count). The molecule has 0 aliphatic rings. The van der Waals surface area contributed by atoms with Gasteiger partial charge in [0.25, 0.3) is 0 Å². The Morgan fingerprint density at radius 3 is 2.82 bits per heavy atom. The lowest BCUT2D eigenvalue weighted by Crippen LogP contribution is -2.38. The Labute approximate surface area is 171 Å². The highest BCUT2D eigenvalue weighted by atomic mass is 35.5. The fourth-order valence-electron chi connectivity index (χ4n) is 3.12. The molecule has 2 heterocycles. The molecule has 0 unspecified atom stereocenters. The minimum Gasteiger partial charge on any atom is -0.357 e. The minimum absolute atomic E-state index is 0.521. The molecule has 0 amide bonds. The van der Waals surface area contributed by atoms with E-state index in [9.17, 15) is 0 Å². The first-order valence-corrected chi connectivity index (χ1v) is 10.1. The third-order valence-electron chi connectivity index (χ3n) is 4.49. The maximum Gasteiger partial charge on any atom is 0.191 e. The van der Waals surface area contributed by atoms with Crippen molar-refractivity contribution >= 4 is 28.6 Å². The summed E-state index contributed by atoms with van der Waals surface area (Å²) in [6, 6.07) is 12.1. The number of nitrogens with one attached hydrogen (secondary N) is 2. The van der Waals surface area contributed by atoms with Gasteiger partial charge in [-0.25, -0.2) is 9.97 Å². The van der Waals surface area contributed by atoms with Crippen molar-refractivity contribution in [1.29, 1.82) is 0 Å². The van der Waals surface area contributed by atoms with E-state index in [-0.39, 0.29) is 0 Å². The van der Waals surface area contributed by atoms with E-state index in [1.165, 1.54) is 5.52 Å². The van der Waals surface area contributed by atoms with Gasteiger partial charge in [-0.15, -0.1) is 0 Å². The van der Waals surface area contributed by atoms with Crippen molar-refractivity contribution in [2.45, 2.75) is 33.2 Å². The third-order valence-corrected chi connectivity index (χ3v) is 4.72. The molecule has 28 heavy (non-hydrogen) atoms. The quantitative estimate of drug-likeness (QED) is 0.263. The van der Waals surface area contributed by atoms with Crippen molar-refractivity contribution in [2.75, 3.05) is 19.6 Å². The molecule has 1 aromatic carbocycles. The summed E-state index contributed by atoms with van der Waals surface area (Å²) >= 11 is 5.83. The van der Waals surface area contributed by atoms with Crippen LogP contribution < -0.4 is 10.6 Å². The molecular formula is C21H27ClN6. The third kappa shape index (κ3) is 5.45. The molecule has 0 saturated carbocycles. The summed E-state index contributed by atoms with van der Waals surface area (Å²) in [5, 5.41) is 7.19. The summed E-state index contributed by atoms with van der Waals surface area (Å²) in [7, 11) is 0. The average molecular weight is 399 g/mol. The van der Waals surface area contributed by atoms with E-state index in [0.29, 0.717) is 5.15 Å². The van der Waals surface area contributed by atoms with Crippen LogP contribution in [0.3, 0.4) is 0 Å². The van der Waals surface area contributed by atoms with Crippen LogP contribution in [0.2, 0.25) is 5.15 Å². The zero-order valence-corrected chi connectivity index (χ0v) is 17.2. The van der Waals surface area contributed by atoms with Gasteiger partial charge >= 0.3 is 0 Å². The molecule has 2 aromatic heterocycles. The van der Waals surface area contributed by atoms with Crippen LogP contribution in [0.5, 0.6) is 0 Å². The standard InChI is InChI=1S/C21H27ClN6/c1-3-23-21(25-13-11-17-9-10-20(22)26-15-17)24-12-6-14-28-16(2)27-18-7-4-5-8-19(18)28/h4-5,7-10,15H,3,6,11-14H2,1-2H3,(H2,23,24,25). The fraction of sp³-hybridized carbons (Fsp3) is 0.381. The summed E-state index contributed by atoms with van der Waals surface area (Å²) in [5.74, 6) is 1.89. The molecule has 0 saturated heterocycles. The Bertz CT molecular complexity index is 916. The number of halogens is 1. The van der Waals surface area contributed by atoms with Gasteiger partial charge in [-0.05, 0) is 50.5 Å². The Kier molecular flexibility index (Phi) is 7.25. The van der Waals surface area contributed by atoms with E-state index in [4.69, 9.17) is 16.6 Å². The minimum atomic E-state index is 0.521. The lowest BCUT2D eigenvalue weighted by atomic mass is 10.2. The number of aryl methyl sites for hydroxylation is 2. The van der Waals surface area contributed by atoms with Crippen molar-refractivity contribution in [3.63, 3.8) is 0 Å². The lowest BCUT2D eigenvalue weighted by molar-refractivity contribution is 0.646. The SMILES string of the molecule is CCNC(=NCCCn1c(C)nc2ccccc21)NCCc1ccc(Cl)nc1. The first kappa shape index (κ1) is 20.1. The zero-order valence-electron chi connectivity index (χ0n) is 16.5. The Morgan fingerprint density at radius 1 is 1.18 bits per heavy atom. The second-order valence-corrected chi connectivity index (χ2v) is 6.97. The molecule has 0 aliphatic carbocycles. The second-order valence-electron chi connectivity index (χ2n) is 6.58. The first-order valence-electron chi connectivity index (χ1n) is 9.72. The molecule has 0 spiro atoms. The second kappa shape index (κ2) is 10.1. The highest BCUT2D eigenvalue weighted by molar-refractivity contribution is 6.29. The van der Waals surface area contributed by atoms with Crippen LogP contribution >= 0.6 is 11.6 Å². The number of aromatic nitrogens is 3. The smallest absolute Gasteiger partial charge is 0.191 e. The number of pyridine rings is 1. The van der Waals surface area contributed by atoms with E-state index >= 15 is 0 Å². The van der Waals surface area contributed by atoms with Crippen molar-refractivity contribution < 1.29 is 0 Å². The molecule has 0 fully saturated rings. The van der Waals surface area contributed by atoms with Crippen molar-refractivity contribution in [2.24, 2.45) is 4.99 Å². The zero-order chi connectivity index (χ0) is 19.8. The summed E-state index contributed by atoms with van der Waals surface area (Å²) in [6.45, 7) is 7.41. The van der Waals surface area contributed by atoms with Gasteiger partial charge in [-0.2, -0.15) is 0 Å². The number of imidazole rings is 1. The van der Waals surface area contributed by atoms with Crippen LogP contribution in [0.1, 0.15) is 24.7 Å². The maximum absolute atomic E-state index is 5.83. The molecule has 148 valence electrons. The monoisotopic (exact) mass is 398 g/mol. The van der Waals surface area contributed by atoms with Crippen molar-refractivity contribution in [3.05, 3.63) is 59.1 Å². The number of guanidine groups is 1. The highest BCUT2D eigenvalue weighted by Crippen LogP contribution is 2.15. The molecule has 0 bridgehead atoms. The normalized spacial score (nSPS) is 11.8. The number of nitrogens with zero attached hydrogens (tertiary/aromatic N) is 4. The van der Waals surface area contributed by atoms with Gasteiger partial charge in [-0.3, -0.25) is 4.99 Å². The Hall–Kier alpha value is -2.60. The lowest BCUT2D eigenvalue weighted by Gasteiger charge is -2.11. The number of fused-ring (bicyclic) bond motifs is 1. The predicted octanol–water partition coefficient (Wildman–Crippen LogP) is 3.58. The summed E-state index contributed by atoms with van der Waals surface area (Å²) in [4.78, 5) is 13.4. The van der Waals surface area contributed by atoms with E-state index < -0.39 is 0 Å². The number of hydrogen-bond acceptors (Lipinski definition) is 3. The van der Waals surface area contributed by atoms with Crippen LogP contribution in [-0.4, -0.2) is 40.1 Å². The van der Waals surface area contributed by atoms with Gasteiger partial charge < -0.3 is 15.2 Å². The summed E-state index contributed by atoms with van der Waals surface area (Å²) in [5.41, 5.74) is 3.39. The van der Waals surface area contributed by atoms with Crippen LogP contribution in [0.25, 0.3) is 11.0 Å². The molecule has 7 heteroatoms. The molecule has 6 nitrogen and oxygen atoms in total. The fourth-order valence-corrected chi connectivity index (χ4v) is 3.23. The number of rotatable bonds is 8.